The van der Waals surface area contributed by atoms with Crippen LogP contribution in [0.3, 0.4) is 0 Å². The molecule has 0 aromatic heterocycles. The molecule has 2 aromatic carbocycles. The number of phenols is 1. The van der Waals surface area contributed by atoms with E-state index in [-0.39, 0.29) is 17.7 Å². The van der Waals surface area contributed by atoms with Gasteiger partial charge in [0, 0.05) is 21.5 Å². The van der Waals surface area contributed by atoms with Crippen molar-refractivity contribution < 1.29 is 19.4 Å². The molecule has 0 fully saturated rings. The number of nitrogens with one attached hydrogen (secondary N) is 1. The van der Waals surface area contributed by atoms with Gasteiger partial charge in [0.15, 0.2) is 0 Å². The van der Waals surface area contributed by atoms with Gasteiger partial charge in [0.2, 0.25) is 0 Å². The van der Waals surface area contributed by atoms with E-state index in [2.05, 4.69) is 21.2 Å². The van der Waals surface area contributed by atoms with E-state index in [9.17, 15) is 14.7 Å². The molecule has 0 aliphatic carbocycles. The number of amides is 1. The van der Waals surface area contributed by atoms with Gasteiger partial charge in [-0.05, 0) is 42.0 Å². The zero-order chi connectivity index (χ0) is 17.7. The summed E-state index contributed by atoms with van der Waals surface area (Å²) in [5.41, 5.74) is 1.00. The van der Waals surface area contributed by atoms with E-state index in [4.69, 9.17) is 16.3 Å². The minimum absolute atomic E-state index is 0.0325. The van der Waals surface area contributed by atoms with Crippen LogP contribution in [-0.2, 0) is 16.0 Å². The zero-order valence-electron chi connectivity index (χ0n) is 12.8. The van der Waals surface area contributed by atoms with E-state index in [1.807, 2.05) is 0 Å². The van der Waals surface area contributed by atoms with Crippen molar-refractivity contribution in [2.45, 2.75) is 12.5 Å². The van der Waals surface area contributed by atoms with Crippen LogP contribution < -0.4 is 5.32 Å². The van der Waals surface area contributed by atoms with E-state index < -0.39 is 17.9 Å². The van der Waals surface area contributed by atoms with Gasteiger partial charge in [-0.3, -0.25) is 4.79 Å². The Balaban J connectivity index is 2.21. The third kappa shape index (κ3) is 4.72. The molecule has 7 heteroatoms. The average molecular weight is 413 g/mol. The number of ether oxygens (including phenoxy) is 1. The van der Waals surface area contributed by atoms with Crippen LogP contribution in [0.5, 0.6) is 5.75 Å². The summed E-state index contributed by atoms with van der Waals surface area (Å²) in [5, 5.41) is 12.6. The highest BCUT2D eigenvalue weighted by molar-refractivity contribution is 9.10. The number of benzene rings is 2. The first-order chi connectivity index (χ1) is 11.4. The first-order valence-corrected chi connectivity index (χ1v) is 8.19. The lowest BCUT2D eigenvalue weighted by atomic mass is 10.1. The summed E-state index contributed by atoms with van der Waals surface area (Å²) in [6.45, 7) is 0. The van der Waals surface area contributed by atoms with Gasteiger partial charge in [0.05, 0.1) is 7.11 Å². The molecule has 2 aromatic rings. The van der Waals surface area contributed by atoms with E-state index in [0.29, 0.717) is 5.02 Å². The lowest BCUT2D eigenvalue weighted by Crippen LogP contribution is -2.43. The number of aromatic hydroxyl groups is 1. The molecule has 0 radical (unpaired) electrons. The monoisotopic (exact) mass is 411 g/mol. The second kappa shape index (κ2) is 8.17. The van der Waals surface area contributed by atoms with Crippen LogP contribution in [0.1, 0.15) is 15.9 Å². The van der Waals surface area contributed by atoms with Crippen LogP contribution in [0.4, 0.5) is 0 Å². The van der Waals surface area contributed by atoms with Gasteiger partial charge >= 0.3 is 5.97 Å². The molecule has 0 heterocycles. The summed E-state index contributed by atoms with van der Waals surface area (Å²) >= 11 is 9.37. The SMILES string of the molecule is COC(=O)[C@@H](Cc1cc(Cl)ccc1Br)NC(=O)c1cccc(O)c1. The number of hydrogen-bond donors (Lipinski definition) is 2. The molecule has 126 valence electrons. The van der Waals surface area contributed by atoms with Gasteiger partial charge in [0.1, 0.15) is 11.8 Å². The van der Waals surface area contributed by atoms with Gasteiger partial charge in [-0.15, -0.1) is 0 Å². The third-order valence-electron chi connectivity index (χ3n) is 3.33. The minimum Gasteiger partial charge on any atom is -0.508 e. The normalized spacial score (nSPS) is 11.6. The highest BCUT2D eigenvalue weighted by Crippen LogP contribution is 2.23. The Hall–Kier alpha value is -2.05. The Kier molecular flexibility index (Phi) is 6.23. The third-order valence-corrected chi connectivity index (χ3v) is 4.34. The van der Waals surface area contributed by atoms with Crippen molar-refractivity contribution in [1.29, 1.82) is 0 Å². The summed E-state index contributed by atoms with van der Waals surface area (Å²) < 4.78 is 5.53. The van der Waals surface area contributed by atoms with Crippen LogP contribution >= 0.6 is 27.5 Å². The molecule has 0 aliphatic rings. The molecule has 0 saturated carbocycles. The fourth-order valence-electron chi connectivity index (χ4n) is 2.14. The van der Waals surface area contributed by atoms with E-state index >= 15 is 0 Å². The first-order valence-electron chi connectivity index (χ1n) is 7.02. The molecule has 1 atom stereocenters. The molecule has 0 unspecified atom stereocenters. The highest BCUT2D eigenvalue weighted by atomic mass is 79.9. The summed E-state index contributed by atoms with van der Waals surface area (Å²) in [6.07, 6.45) is 0.207. The summed E-state index contributed by atoms with van der Waals surface area (Å²) in [6, 6.07) is 10.2. The molecular formula is C17H15BrClNO4. The topological polar surface area (TPSA) is 75.6 Å². The van der Waals surface area contributed by atoms with Gasteiger partial charge in [-0.25, -0.2) is 4.79 Å². The largest absolute Gasteiger partial charge is 0.508 e. The number of phenolic OH excluding ortho intramolecular Hbond substituents is 1. The highest BCUT2D eigenvalue weighted by Gasteiger charge is 2.23. The molecule has 2 N–H and O–H groups in total. The van der Waals surface area contributed by atoms with Crippen LogP contribution in [0, 0.1) is 0 Å². The smallest absolute Gasteiger partial charge is 0.328 e. The van der Waals surface area contributed by atoms with Crippen molar-refractivity contribution in [2.24, 2.45) is 0 Å². The zero-order valence-corrected chi connectivity index (χ0v) is 15.1. The maximum Gasteiger partial charge on any atom is 0.328 e. The van der Waals surface area contributed by atoms with Crippen molar-refractivity contribution >= 4 is 39.4 Å². The number of carbonyl (C=O) groups is 2. The molecule has 5 nitrogen and oxygen atoms in total. The van der Waals surface area contributed by atoms with Crippen LogP contribution in [0.25, 0.3) is 0 Å². The van der Waals surface area contributed by atoms with Crippen LogP contribution in [-0.4, -0.2) is 30.1 Å². The van der Waals surface area contributed by atoms with Gasteiger partial charge < -0.3 is 15.2 Å². The van der Waals surface area contributed by atoms with Crippen molar-refractivity contribution in [3.8, 4) is 5.75 Å². The molecule has 24 heavy (non-hydrogen) atoms. The molecule has 0 aliphatic heterocycles. The molecule has 1 amide bonds. The summed E-state index contributed by atoms with van der Waals surface area (Å²) in [7, 11) is 1.25. The Morgan fingerprint density at radius 2 is 2.04 bits per heavy atom. The summed E-state index contributed by atoms with van der Waals surface area (Å²) in [5.74, 6) is -1.09. The van der Waals surface area contributed by atoms with Gasteiger partial charge in [-0.2, -0.15) is 0 Å². The minimum atomic E-state index is -0.889. The van der Waals surface area contributed by atoms with E-state index in [1.165, 1.54) is 19.2 Å². The van der Waals surface area contributed by atoms with Crippen molar-refractivity contribution in [1.82, 2.24) is 5.32 Å². The number of rotatable bonds is 5. The Morgan fingerprint density at radius 3 is 2.71 bits per heavy atom. The Morgan fingerprint density at radius 1 is 1.29 bits per heavy atom. The van der Waals surface area contributed by atoms with Crippen molar-refractivity contribution in [3.63, 3.8) is 0 Å². The van der Waals surface area contributed by atoms with E-state index in [1.54, 1.807) is 30.3 Å². The standard InChI is InChI=1S/C17H15BrClNO4/c1-24-17(23)15(9-11-7-12(19)5-6-14(11)18)20-16(22)10-3-2-4-13(21)8-10/h2-8,15,21H,9H2,1H3,(H,20,22)/t15-/m1/s1. The maximum absolute atomic E-state index is 12.3. The second-order valence-corrected chi connectivity index (χ2v) is 6.33. The average Bonchev–Trinajstić information content (AvgIpc) is 2.56. The number of methoxy groups -OCH3 is 1. The fraction of sp³-hybridized carbons (Fsp3) is 0.176. The first kappa shape index (κ1) is 18.3. The lowest BCUT2D eigenvalue weighted by molar-refractivity contribution is -0.142. The van der Waals surface area contributed by atoms with Crippen molar-refractivity contribution in [3.05, 3.63) is 63.1 Å². The molecular weight excluding hydrogens is 398 g/mol. The molecule has 2 rings (SSSR count). The molecule has 0 saturated heterocycles. The number of hydrogen-bond acceptors (Lipinski definition) is 4. The molecule has 0 bridgehead atoms. The predicted octanol–water partition coefficient (Wildman–Crippen LogP) is 3.32. The van der Waals surface area contributed by atoms with Gasteiger partial charge in [0.25, 0.3) is 5.91 Å². The number of esters is 1. The lowest BCUT2D eigenvalue weighted by Gasteiger charge is -2.17. The number of halogens is 2. The Bertz CT molecular complexity index is 766. The number of carbonyl (C=O) groups excluding carboxylic acids is 2. The van der Waals surface area contributed by atoms with Crippen LogP contribution in [0.2, 0.25) is 5.02 Å². The summed E-state index contributed by atoms with van der Waals surface area (Å²) in [4.78, 5) is 24.3. The maximum atomic E-state index is 12.3. The quantitative estimate of drug-likeness (QED) is 0.739. The predicted molar refractivity (Wildman–Crippen MR) is 94.2 cm³/mol. The van der Waals surface area contributed by atoms with E-state index in [0.717, 1.165) is 10.0 Å². The molecule has 0 spiro atoms. The van der Waals surface area contributed by atoms with Crippen molar-refractivity contribution in [2.75, 3.05) is 7.11 Å². The van der Waals surface area contributed by atoms with Gasteiger partial charge in [-0.1, -0.05) is 33.6 Å². The Labute approximate surface area is 152 Å². The van der Waals surface area contributed by atoms with Crippen LogP contribution in [0.15, 0.2) is 46.9 Å². The second-order valence-electron chi connectivity index (χ2n) is 5.04. The fourth-order valence-corrected chi connectivity index (χ4v) is 2.75.